The van der Waals surface area contributed by atoms with E-state index < -0.39 is 5.91 Å². The van der Waals surface area contributed by atoms with Crippen molar-refractivity contribution in [3.8, 4) is 0 Å². The van der Waals surface area contributed by atoms with Gasteiger partial charge in [0.25, 0.3) is 5.91 Å². The van der Waals surface area contributed by atoms with Gasteiger partial charge in [-0.3, -0.25) is 9.59 Å². The molecule has 1 unspecified atom stereocenters. The molecule has 0 fully saturated rings. The summed E-state index contributed by atoms with van der Waals surface area (Å²) >= 11 is 1.60. The molecule has 1 aromatic heterocycles. The van der Waals surface area contributed by atoms with E-state index in [1.807, 2.05) is 6.92 Å². The summed E-state index contributed by atoms with van der Waals surface area (Å²) in [6.07, 6.45) is 3.29. The number of carbonyl (C=O) groups excluding carboxylic acids is 2. The van der Waals surface area contributed by atoms with E-state index in [4.69, 9.17) is 5.73 Å². The maximum absolute atomic E-state index is 12.6. The first-order chi connectivity index (χ1) is 12.1. The van der Waals surface area contributed by atoms with Gasteiger partial charge in [-0.15, -0.1) is 11.3 Å². The van der Waals surface area contributed by atoms with Crippen LogP contribution >= 0.6 is 11.3 Å². The number of aryl methyl sites for hydroxylation is 2. The second-order valence-corrected chi connectivity index (χ2v) is 9.35. The lowest BCUT2D eigenvalue weighted by Crippen LogP contribution is -2.26. The van der Waals surface area contributed by atoms with Crippen LogP contribution in [0.2, 0.25) is 0 Å². The van der Waals surface area contributed by atoms with Crippen LogP contribution in [0.15, 0.2) is 24.3 Å². The Kier molecular flexibility index (Phi) is 4.93. The molecule has 0 saturated heterocycles. The normalized spacial score (nSPS) is 16.8. The number of benzene rings is 1. The summed E-state index contributed by atoms with van der Waals surface area (Å²) in [6.45, 7) is 8.69. The molecule has 1 atom stereocenters. The highest BCUT2D eigenvalue weighted by molar-refractivity contribution is 7.14. The number of nitrogens with two attached hydrogens (primary N) is 1. The monoisotopic (exact) mass is 370 g/mol. The second kappa shape index (κ2) is 6.88. The number of rotatable bonds is 3. The molecule has 4 nitrogen and oxygen atoms in total. The molecule has 0 bridgehead atoms. The first-order valence-electron chi connectivity index (χ1n) is 8.98. The molecule has 2 amide bonds. The highest BCUT2D eigenvalue weighted by atomic mass is 32.1. The van der Waals surface area contributed by atoms with Crippen molar-refractivity contribution in [1.82, 2.24) is 0 Å². The van der Waals surface area contributed by atoms with Gasteiger partial charge in [0.15, 0.2) is 0 Å². The number of thiophene rings is 1. The van der Waals surface area contributed by atoms with Gasteiger partial charge in [-0.1, -0.05) is 20.8 Å². The smallest absolute Gasteiger partial charge is 0.265 e. The summed E-state index contributed by atoms with van der Waals surface area (Å²) in [4.78, 5) is 26.1. The third-order valence-electron chi connectivity index (χ3n) is 5.28. The zero-order chi connectivity index (χ0) is 19.1. The number of hydrogen-bond acceptors (Lipinski definition) is 3. The molecule has 0 saturated carbocycles. The van der Waals surface area contributed by atoms with Crippen molar-refractivity contribution in [3.05, 3.63) is 50.7 Å². The molecule has 3 rings (SSSR count). The van der Waals surface area contributed by atoms with Crippen LogP contribution in [0.3, 0.4) is 0 Å². The quantitative estimate of drug-likeness (QED) is 0.831. The van der Waals surface area contributed by atoms with Crippen LogP contribution in [0, 0.1) is 18.3 Å². The van der Waals surface area contributed by atoms with Crippen LogP contribution in [0.1, 0.15) is 63.2 Å². The number of primary amides is 1. The largest absolute Gasteiger partial charge is 0.366 e. The molecule has 1 aromatic carbocycles. The van der Waals surface area contributed by atoms with Crippen LogP contribution in [0.25, 0.3) is 0 Å². The van der Waals surface area contributed by atoms with Crippen molar-refractivity contribution < 1.29 is 9.59 Å². The van der Waals surface area contributed by atoms with E-state index >= 15 is 0 Å². The molecule has 26 heavy (non-hydrogen) atoms. The third kappa shape index (κ3) is 3.83. The number of amides is 2. The van der Waals surface area contributed by atoms with Crippen LogP contribution in [0.4, 0.5) is 5.69 Å². The summed E-state index contributed by atoms with van der Waals surface area (Å²) in [5.74, 6) is 0.104. The highest BCUT2D eigenvalue weighted by Crippen LogP contribution is 2.40. The van der Waals surface area contributed by atoms with Crippen molar-refractivity contribution in [2.75, 3.05) is 5.32 Å². The molecule has 2 aromatic rings. The lowest BCUT2D eigenvalue weighted by atomic mass is 9.72. The first kappa shape index (κ1) is 18.6. The van der Waals surface area contributed by atoms with Crippen molar-refractivity contribution in [2.24, 2.45) is 17.1 Å². The van der Waals surface area contributed by atoms with Crippen LogP contribution in [0.5, 0.6) is 0 Å². The van der Waals surface area contributed by atoms with Crippen LogP contribution in [-0.4, -0.2) is 11.8 Å². The Bertz CT molecular complexity index is 861. The Morgan fingerprint density at radius 3 is 2.58 bits per heavy atom. The van der Waals surface area contributed by atoms with Gasteiger partial charge in [0, 0.05) is 16.1 Å². The SMILES string of the molecule is Cc1cc(NC(=O)c2cc3c(s2)CCC(C(C)(C)C)C3)ccc1C(N)=O. The maximum Gasteiger partial charge on any atom is 0.265 e. The Labute approximate surface area is 158 Å². The summed E-state index contributed by atoms with van der Waals surface area (Å²) in [5.41, 5.74) is 8.86. The van der Waals surface area contributed by atoms with Gasteiger partial charge in [0.2, 0.25) is 5.91 Å². The van der Waals surface area contributed by atoms with Gasteiger partial charge in [-0.05, 0) is 72.9 Å². The minimum absolute atomic E-state index is 0.0945. The molecule has 0 radical (unpaired) electrons. The van der Waals surface area contributed by atoms with E-state index in [2.05, 4.69) is 32.2 Å². The maximum atomic E-state index is 12.6. The van der Waals surface area contributed by atoms with Gasteiger partial charge in [-0.25, -0.2) is 0 Å². The molecule has 5 heteroatoms. The Hall–Kier alpha value is -2.14. The molecular weight excluding hydrogens is 344 g/mol. The standard InChI is InChI=1S/C21H26N2O2S/c1-12-9-15(6-7-16(12)19(22)24)23-20(25)18-11-13-10-14(21(2,3)4)5-8-17(13)26-18/h6-7,9,11,14H,5,8,10H2,1-4H3,(H2,22,24)(H,23,25). The molecular formula is C21H26N2O2S. The van der Waals surface area contributed by atoms with Crippen molar-refractivity contribution in [1.29, 1.82) is 0 Å². The average molecular weight is 371 g/mol. The zero-order valence-electron chi connectivity index (χ0n) is 15.8. The van der Waals surface area contributed by atoms with Crippen molar-refractivity contribution in [3.63, 3.8) is 0 Å². The van der Waals surface area contributed by atoms with E-state index in [-0.39, 0.29) is 5.91 Å². The second-order valence-electron chi connectivity index (χ2n) is 8.21. The Morgan fingerprint density at radius 1 is 1.23 bits per heavy atom. The Morgan fingerprint density at radius 2 is 1.96 bits per heavy atom. The van der Waals surface area contributed by atoms with Crippen molar-refractivity contribution in [2.45, 2.75) is 47.0 Å². The van der Waals surface area contributed by atoms with Gasteiger partial charge < -0.3 is 11.1 Å². The molecule has 1 heterocycles. The molecule has 138 valence electrons. The molecule has 0 spiro atoms. The Balaban J connectivity index is 1.75. The van der Waals surface area contributed by atoms with E-state index in [1.165, 1.54) is 16.9 Å². The lowest BCUT2D eigenvalue weighted by molar-refractivity contribution is 0.0998. The van der Waals surface area contributed by atoms with Crippen LogP contribution in [-0.2, 0) is 12.8 Å². The minimum Gasteiger partial charge on any atom is -0.366 e. The molecule has 3 N–H and O–H groups in total. The number of anilines is 1. The van der Waals surface area contributed by atoms with Gasteiger partial charge in [-0.2, -0.15) is 0 Å². The van der Waals surface area contributed by atoms with Crippen molar-refractivity contribution >= 4 is 28.8 Å². The summed E-state index contributed by atoms with van der Waals surface area (Å²) < 4.78 is 0. The number of nitrogens with one attached hydrogen (secondary N) is 1. The zero-order valence-corrected chi connectivity index (χ0v) is 16.6. The predicted octanol–water partition coefficient (Wildman–Crippen LogP) is 4.56. The van der Waals surface area contributed by atoms with E-state index in [9.17, 15) is 9.59 Å². The predicted molar refractivity (Wildman–Crippen MR) is 107 cm³/mol. The van der Waals surface area contributed by atoms with E-state index in [1.54, 1.807) is 29.5 Å². The number of fused-ring (bicyclic) bond motifs is 1. The van der Waals surface area contributed by atoms with Gasteiger partial charge in [0.05, 0.1) is 4.88 Å². The summed E-state index contributed by atoms with van der Waals surface area (Å²) in [7, 11) is 0. The average Bonchev–Trinajstić information content (AvgIpc) is 2.97. The third-order valence-corrected chi connectivity index (χ3v) is 6.52. The first-order valence-corrected chi connectivity index (χ1v) is 9.80. The summed E-state index contributed by atoms with van der Waals surface area (Å²) in [5, 5.41) is 2.94. The lowest BCUT2D eigenvalue weighted by Gasteiger charge is -2.33. The summed E-state index contributed by atoms with van der Waals surface area (Å²) in [6, 6.07) is 7.20. The number of carbonyl (C=O) groups is 2. The fourth-order valence-corrected chi connectivity index (χ4v) is 4.69. The molecule has 1 aliphatic carbocycles. The van der Waals surface area contributed by atoms with E-state index in [0.717, 1.165) is 23.3 Å². The van der Waals surface area contributed by atoms with Gasteiger partial charge >= 0.3 is 0 Å². The number of hydrogen-bond donors (Lipinski definition) is 2. The van der Waals surface area contributed by atoms with Gasteiger partial charge in [0.1, 0.15) is 0 Å². The fraction of sp³-hybridized carbons (Fsp3) is 0.429. The minimum atomic E-state index is -0.459. The topological polar surface area (TPSA) is 72.2 Å². The van der Waals surface area contributed by atoms with Crippen LogP contribution < -0.4 is 11.1 Å². The van der Waals surface area contributed by atoms with E-state index in [0.29, 0.717) is 22.6 Å². The molecule has 1 aliphatic rings. The molecule has 0 aliphatic heterocycles. The highest BCUT2D eigenvalue weighted by Gasteiger charge is 2.30. The fourth-order valence-electron chi connectivity index (χ4n) is 3.59.